The Bertz CT molecular complexity index is 898. The standard InChI is InChI=1S/C22H27N3OS/c1-3-5-12-23-21-19-15-17(16-8-7-9-18(26)14-16)10-11-20(19)24-22(25-21)27-13-6-4-2/h7-11,14-15,26H,3-6,12-13H2,1-2H3,(H,23,24,25). The molecule has 0 spiro atoms. The largest absolute Gasteiger partial charge is 0.508 e. The van der Waals surface area contributed by atoms with E-state index in [1.807, 2.05) is 18.2 Å². The third-order valence-electron chi connectivity index (χ3n) is 4.41. The fourth-order valence-corrected chi connectivity index (χ4v) is 3.80. The summed E-state index contributed by atoms with van der Waals surface area (Å²) in [4.78, 5) is 9.54. The minimum absolute atomic E-state index is 0.271. The average molecular weight is 382 g/mol. The summed E-state index contributed by atoms with van der Waals surface area (Å²) < 4.78 is 0. The van der Waals surface area contributed by atoms with Crippen LogP contribution < -0.4 is 5.32 Å². The topological polar surface area (TPSA) is 58.0 Å². The molecule has 0 saturated heterocycles. The predicted molar refractivity (Wildman–Crippen MR) is 116 cm³/mol. The van der Waals surface area contributed by atoms with Crippen LogP contribution in [-0.4, -0.2) is 27.4 Å². The summed E-state index contributed by atoms with van der Waals surface area (Å²) in [6.07, 6.45) is 4.59. The fraction of sp³-hybridized carbons (Fsp3) is 0.364. The second kappa shape index (κ2) is 9.60. The molecule has 0 unspecified atom stereocenters. The summed E-state index contributed by atoms with van der Waals surface area (Å²) in [6, 6.07) is 13.5. The van der Waals surface area contributed by atoms with Crippen LogP contribution in [0.4, 0.5) is 5.82 Å². The van der Waals surface area contributed by atoms with Crippen molar-refractivity contribution < 1.29 is 5.11 Å². The number of aromatic nitrogens is 2. The van der Waals surface area contributed by atoms with Crippen molar-refractivity contribution in [3.8, 4) is 16.9 Å². The summed E-state index contributed by atoms with van der Waals surface area (Å²) in [5.41, 5.74) is 2.98. The van der Waals surface area contributed by atoms with E-state index in [4.69, 9.17) is 9.97 Å². The zero-order valence-corrected chi connectivity index (χ0v) is 16.9. The minimum atomic E-state index is 0.271. The number of fused-ring (bicyclic) bond motifs is 1. The van der Waals surface area contributed by atoms with E-state index in [1.54, 1.807) is 23.9 Å². The van der Waals surface area contributed by atoms with Crippen molar-refractivity contribution in [2.24, 2.45) is 0 Å². The average Bonchev–Trinajstić information content (AvgIpc) is 2.68. The van der Waals surface area contributed by atoms with Crippen LogP contribution in [0.3, 0.4) is 0 Å². The monoisotopic (exact) mass is 381 g/mol. The summed E-state index contributed by atoms with van der Waals surface area (Å²) in [5.74, 6) is 2.21. The number of benzene rings is 2. The maximum atomic E-state index is 9.78. The summed E-state index contributed by atoms with van der Waals surface area (Å²) in [7, 11) is 0. The Morgan fingerprint density at radius 3 is 2.56 bits per heavy atom. The molecule has 0 saturated carbocycles. The molecule has 5 heteroatoms. The van der Waals surface area contributed by atoms with Gasteiger partial charge in [0.05, 0.1) is 5.52 Å². The van der Waals surface area contributed by atoms with E-state index < -0.39 is 0 Å². The van der Waals surface area contributed by atoms with E-state index in [1.165, 1.54) is 12.8 Å². The lowest BCUT2D eigenvalue weighted by Gasteiger charge is -2.12. The van der Waals surface area contributed by atoms with E-state index in [0.717, 1.165) is 58.1 Å². The van der Waals surface area contributed by atoms with Gasteiger partial charge in [0.1, 0.15) is 11.6 Å². The molecule has 0 radical (unpaired) electrons. The molecule has 2 aromatic carbocycles. The van der Waals surface area contributed by atoms with Gasteiger partial charge < -0.3 is 10.4 Å². The molecule has 2 N–H and O–H groups in total. The second-order valence-electron chi connectivity index (χ2n) is 6.62. The molecule has 0 fully saturated rings. The number of rotatable bonds is 9. The summed E-state index contributed by atoms with van der Waals surface area (Å²) >= 11 is 1.72. The van der Waals surface area contributed by atoms with Gasteiger partial charge in [0.2, 0.25) is 0 Å². The fourth-order valence-electron chi connectivity index (χ4n) is 2.86. The Kier molecular flexibility index (Phi) is 6.93. The van der Waals surface area contributed by atoms with E-state index in [0.29, 0.717) is 0 Å². The molecule has 0 aliphatic rings. The Hall–Kier alpha value is -2.27. The summed E-state index contributed by atoms with van der Waals surface area (Å²) in [6.45, 7) is 5.28. The smallest absolute Gasteiger partial charge is 0.190 e. The van der Waals surface area contributed by atoms with Gasteiger partial charge in [-0.15, -0.1) is 0 Å². The molecule has 142 valence electrons. The Labute approximate surface area is 165 Å². The van der Waals surface area contributed by atoms with Gasteiger partial charge in [-0.3, -0.25) is 0 Å². The van der Waals surface area contributed by atoms with Crippen LogP contribution in [0.25, 0.3) is 22.0 Å². The first-order valence-electron chi connectivity index (χ1n) is 9.69. The lowest BCUT2D eigenvalue weighted by atomic mass is 10.0. The van der Waals surface area contributed by atoms with Crippen LogP contribution in [0.1, 0.15) is 39.5 Å². The number of hydrogen-bond donors (Lipinski definition) is 2. The molecule has 0 amide bonds. The number of nitrogens with zero attached hydrogens (tertiary/aromatic N) is 2. The zero-order valence-electron chi connectivity index (χ0n) is 16.0. The van der Waals surface area contributed by atoms with E-state index >= 15 is 0 Å². The number of anilines is 1. The van der Waals surface area contributed by atoms with Gasteiger partial charge in [-0.25, -0.2) is 9.97 Å². The van der Waals surface area contributed by atoms with Gasteiger partial charge in [0.15, 0.2) is 5.16 Å². The van der Waals surface area contributed by atoms with Crippen LogP contribution in [-0.2, 0) is 0 Å². The molecule has 27 heavy (non-hydrogen) atoms. The molecule has 0 atom stereocenters. The number of hydrogen-bond acceptors (Lipinski definition) is 5. The lowest BCUT2D eigenvalue weighted by Crippen LogP contribution is -2.05. The zero-order chi connectivity index (χ0) is 19.1. The maximum Gasteiger partial charge on any atom is 0.190 e. The normalized spacial score (nSPS) is 11.0. The van der Waals surface area contributed by atoms with Crippen molar-refractivity contribution in [1.29, 1.82) is 0 Å². The van der Waals surface area contributed by atoms with Gasteiger partial charge >= 0.3 is 0 Å². The van der Waals surface area contributed by atoms with E-state index in [9.17, 15) is 5.11 Å². The minimum Gasteiger partial charge on any atom is -0.508 e. The number of phenols is 1. The first kappa shape index (κ1) is 19.5. The van der Waals surface area contributed by atoms with Crippen molar-refractivity contribution >= 4 is 28.5 Å². The van der Waals surface area contributed by atoms with Crippen LogP contribution in [0.15, 0.2) is 47.6 Å². The van der Waals surface area contributed by atoms with Crippen molar-refractivity contribution in [3.63, 3.8) is 0 Å². The number of thioether (sulfide) groups is 1. The molecule has 0 aliphatic carbocycles. The van der Waals surface area contributed by atoms with Gasteiger partial charge in [0, 0.05) is 17.7 Å². The van der Waals surface area contributed by atoms with Crippen LogP contribution in [0, 0.1) is 0 Å². The molecule has 3 aromatic rings. The summed E-state index contributed by atoms with van der Waals surface area (Å²) in [5, 5.41) is 15.1. The molecular weight excluding hydrogens is 354 g/mol. The van der Waals surface area contributed by atoms with Gasteiger partial charge in [-0.1, -0.05) is 56.7 Å². The van der Waals surface area contributed by atoms with Crippen LogP contribution in [0.2, 0.25) is 0 Å². The van der Waals surface area contributed by atoms with E-state index in [2.05, 4.69) is 31.3 Å². The van der Waals surface area contributed by atoms with Crippen molar-refractivity contribution in [3.05, 3.63) is 42.5 Å². The molecule has 1 aromatic heterocycles. The van der Waals surface area contributed by atoms with E-state index in [-0.39, 0.29) is 5.75 Å². The predicted octanol–water partition coefficient (Wildman–Crippen LogP) is 6.11. The molecule has 1 heterocycles. The Morgan fingerprint density at radius 1 is 0.963 bits per heavy atom. The lowest BCUT2D eigenvalue weighted by molar-refractivity contribution is 0.475. The molecular formula is C22H27N3OS. The Morgan fingerprint density at radius 2 is 1.78 bits per heavy atom. The first-order valence-corrected chi connectivity index (χ1v) is 10.7. The van der Waals surface area contributed by atoms with Gasteiger partial charge in [0.25, 0.3) is 0 Å². The number of phenolic OH excluding ortho intramolecular Hbond substituents is 1. The van der Waals surface area contributed by atoms with Crippen LogP contribution in [0.5, 0.6) is 5.75 Å². The highest BCUT2D eigenvalue weighted by Gasteiger charge is 2.10. The number of aromatic hydroxyl groups is 1. The first-order chi connectivity index (χ1) is 13.2. The molecule has 0 bridgehead atoms. The number of nitrogens with one attached hydrogen (secondary N) is 1. The SMILES string of the molecule is CCCCNc1nc(SCCCC)nc2ccc(-c3cccc(O)c3)cc12. The molecule has 4 nitrogen and oxygen atoms in total. The third-order valence-corrected chi connectivity index (χ3v) is 5.34. The van der Waals surface area contributed by atoms with Gasteiger partial charge in [-0.05, 0) is 48.2 Å². The van der Waals surface area contributed by atoms with Crippen molar-refractivity contribution in [1.82, 2.24) is 9.97 Å². The highest BCUT2D eigenvalue weighted by atomic mass is 32.2. The number of unbranched alkanes of at least 4 members (excludes halogenated alkanes) is 2. The van der Waals surface area contributed by atoms with Crippen molar-refractivity contribution in [2.45, 2.75) is 44.7 Å². The van der Waals surface area contributed by atoms with Crippen molar-refractivity contribution in [2.75, 3.05) is 17.6 Å². The second-order valence-corrected chi connectivity index (χ2v) is 7.68. The van der Waals surface area contributed by atoms with Gasteiger partial charge in [-0.2, -0.15) is 0 Å². The molecule has 3 rings (SSSR count). The Balaban J connectivity index is 1.99. The van der Waals surface area contributed by atoms with Crippen LogP contribution >= 0.6 is 11.8 Å². The third kappa shape index (κ3) is 5.13. The highest BCUT2D eigenvalue weighted by Crippen LogP contribution is 2.30. The quantitative estimate of drug-likeness (QED) is 0.266. The highest BCUT2D eigenvalue weighted by molar-refractivity contribution is 7.99. The molecule has 0 aliphatic heterocycles. The maximum absolute atomic E-state index is 9.78.